The third-order valence-corrected chi connectivity index (χ3v) is 4.26. The Hall–Kier alpha value is -1.84. The van der Waals surface area contributed by atoms with Crippen molar-refractivity contribution in [1.29, 1.82) is 0 Å². The van der Waals surface area contributed by atoms with Gasteiger partial charge >= 0.3 is 5.97 Å². The van der Waals surface area contributed by atoms with Crippen LogP contribution in [0.5, 0.6) is 0 Å². The van der Waals surface area contributed by atoms with E-state index in [2.05, 4.69) is 0 Å². The zero-order chi connectivity index (χ0) is 14.7. The maximum Gasteiger partial charge on any atom is 0.308 e. The van der Waals surface area contributed by atoms with Crippen LogP contribution in [0.3, 0.4) is 0 Å². The van der Waals surface area contributed by atoms with Gasteiger partial charge in [0.15, 0.2) is 0 Å². The molecule has 0 radical (unpaired) electrons. The zero-order valence-corrected chi connectivity index (χ0v) is 12.0. The summed E-state index contributed by atoms with van der Waals surface area (Å²) < 4.78 is 0. The highest BCUT2D eigenvalue weighted by Crippen LogP contribution is 2.30. The average Bonchev–Trinajstić information content (AvgIpc) is 2.82. The first-order chi connectivity index (χ1) is 9.56. The number of carbonyl (C=O) groups excluding carboxylic acids is 1. The Kier molecular flexibility index (Phi) is 4.42. The molecule has 1 fully saturated rings. The molecule has 3 unspecified atom stereocenters. The lowest BCUT2D eigenvalue weighted by Crippen LogP contribution is -2.40. The van der Waals surface area contributed by atoms with Crippen molar-refractivity contribution in [3.8, 4) is 0 Å². The van der Waals surface area contributed by atoms with Crippen molar-refractivity contribution in [3.63, 3.8) is 0 Å². The number of benzene rings is 1. The van der Waals surface area contributed by atoms with Gasteiger partial charge in [-0.3, -0.25) is 9.59 Å². The fourth-order valence-electron chi connectivity index (χ4n) is 3.02. The fraction of sp³-hybridized carbons (Fsp3) is 0.500. The van der Waals surface area contributed by atoms with Crippen molar-refractivity contribution in [2.75, 3.05) is 6.54 Å². The normalized spacial score (nSPS) is 23.6. The summed E-state index contributed by atoms with van der Waals surface area (Å²) in [5.74, 6) is -1.37. The van der Waals surface area contributed by atoms with Gasteiger partial charge in [0.25, 0.3) is 0 Å². The van der Waals surface area contributed by atoms with Crippen LogP contribution in [0.25, 0.3) is 0 Å². The van der Waals surface area contributed by atoms with Crippen LogP contribution in [0.15, 0.2) is 30.3 Å². The summed E-state index contributed by atoms with van der Waals surface area (Å²) in [4.78, 5) is 25.6. The molecule has 20 heavy (non-hydrogen) atoms. The van der Waals surface area contributed by atoms with Crippen LogP contribution in [-0.2, 0) is 9.59 Å². The third-order valence-electron chi connectivity index (χ3n) is 4.26. The SMILES string of the molecule is CCC(C(=O)N1CCC(C(=O)O)C1C)c1ccccc1. The van der Waals surface area contributed by atoms with Crippen LogP contribution in [-0.4, -0.2) is 34.5 Å². The lowest BCUT2D eigenvalue weighted by Gasteiger charge is -2.27. The molecule has 4 heteroatoms. The number of carboxylic acid groups (broad SMARTS) is 1. The molecule has 0 aromatic heterocycles. The quantitative estimate of drug-likeness (QED) is 0.918. The number of aliphatic carboxylic acids is 1. The Balaban J connectivity index is 2.16. The predicted octanol–water partition coefficient (Wildman–Crippen LogP) is 2.50. The summed E-state index contributed by atoms with van der Waals surface area (Å²) in [5, 5.41) is 9.16. The maximum absolute atomic E-state index is 12.7. The Morgan fingerprint density at radius 2 is 2.00 bits per heavy atom. The molecule has 1 aromatic carbocycles. The lowest BCUT2D eigenvalue weighted by atomic mass is 9.94. The summed E-state index contributed by atoms with van der Waals surface area (Å²) in [5.41, 5.74) is 1.01. The monoisotopic (exact) mass is 275 g/mol. The number of carbonyl (C=O) groups is 2. The summed E-state index contributed by atoms with van der Waals surface area (Å²) in [6, 6.07) is 9.48. The molecule has 1 N–H and O–H groups in total. The van der Waals surface area contributed by atoms with E-state index in [0.717, 1.165) is 12.0 Å². The topological polar surface area (TPSA) is 57.6 Å². The lowest BCUT2D eigenvalue weighted by molar-refractivity contribution is -0.143. The summed E-state index contributed by atoms with van der Waals surface area (Å²) in [7, 11) is 0. The Bertz CT molecular complexity index is 486. The molecule has 1 aromatic rings. The standard InChI is InChI=1S/C16H21NO3/c1-3-13(12-7-5-4-6-8-12)15(18)17-10-9-14(11(17)2)16(19)20/h4-8,11,13-14H,3,9-10H2,1-2H3,(H,19,20). The van der Waals surface area contributed by atoms with E-state index in [1.54, 1.807) is 4.90 Å². The van der Waals surface area contributed by atoms with E-state index in [0.29, 0.717) is 13.0 Å². The van der Waals surface area contributed by atoms with Crippen LogP contribution in [0.2, 0.25) is 0 Å². The smallest absolute Gasteiger partial charge is 0.308 e. The maximum atomic E-state index is 12.7. The number of hydrogen-bond donors (Lipinski definition) is 1. The molecule has 108 valence electrons. The number of rotatable bonds is 4. The van der Waals surface area contributed by atoms with E-state index in [9.17, 15) is 9.59 Å². The van der Waals surface area contributed by atoms with Crippen molar-refractivity contribution in [2.45, 2.75) is 38.6 Å². The third kappa shape index (κ3) is 2.69. The van der Waals surface area contributed by atoms with E-state index in [-0.39, 0.29) is 17.9 Å². The second kappa shape index (κ2) is 6.07. The highest BCUT2D eigenvalue weighted by atomic mass is 16.4. The van der Waals surface area contributed by atoms with E-state index >= 15 is 0 Å². The highest BCUT2D eigenvalue weighted by Gasteiger charge is 2.39. The molecule has 0 bridgehead atoms. The summed E-state index contributed by atoms with van der Waals surface area (Å²) >= 11 is 0. The van der Waals surface area contributed by atoms with Gasteiger partial charge in [-0.05, 0) is 25.3 Å². The van der Waals surface area contributed by atoms with Gasteiger partial charge in [0.05, 0.1) is 11.8 Å². The number of likely N-dealkylation sites (tertiary alicyclic amines) is 1. The Labute approximate surface area is 119 Å². The van der Waals surface area contributed by atoms with E-state index in [4.69, 9.17) is 5.11 Å². The molecular weight excluding hydrogens is 254 g/mol. The Morgan fingerprint density at radius 3 is 2.50 bits per heavy atom. The molecular formula is C16H21NO3. The molecule has 2 rings (SSSR count). The first kappa shape index (κ1) is 14.6. The van der Waals surface area contributed by atoms with Gasteiger partial charge < -0.3 is 10.0 Å². The van der Waals surface area contributed by atoms with Crippen LogP contribution in [0, 0.1) is 5.92 Å². The number of amides is 1. The fourth-order valence-corrected chi connectivity index (χ4v) is 3.02. The van der Waals surface area contributed by atoms with Crippen molar-refractivity contribution in [1.82, 2.24) is 4.90 Å². The average molecular weight is 275 g/mol. The van der Waals surface area contributed by atoms with Gasteiger partial charge in [-0.15, -0.1) is 0 Å². The molecule has 1 aliphatic rings. The van der Waals surface area contributed by atoms with Gasteiger partial charge in [-0.1, -0.05) is 37.3 Å². The van der Waals surface area contributed by atoms with Crippen LogP contribution < -0.4 is 0 Å². The highest BCUT2D eigenvalue weighted by molar-refractivity contribution is 5.85. The molecule has 1 amide bonds. The summed E-state index contributed by atoms with van der Waals surface area (Å²) in [6.45, 7) is 4.37. The van der Waals surface area contributed by atoms with Crippen LogP contribution >= 0.6 is 0 Å². The minimum absolute atomic E-state index is 0.0509. The van der Waals surface area contributed by atoms with Crippen molar-refractivity contribution in [3.05, 3.63) is 35.9 Å². The van der Waals surface area contributed by atoms with Gasteiger partial charge in [0.2, 0.25) is 5.91 Å². The molecule has 0 spiro atoms. The first-order valence-electron chi connectivity index (χ1n) is 7.14. The molecule has 1 saturated heterocycles. The molecule has 3 atom stereocenters. The largest absolute Gasteiger partial charge is 0.481 e. The van der Waals surface area contributed by atoms with Gasteiger partial charge in [0.1, 0.15) is 0 Å². The van der Waals surface area contributed by atoms with Gasteiger partial charge in [-0.2, -0.15) is 0 Å². The predicted molar refractivity (Wildman–Crippen MR) is 76.4 cm³/mol. The van der Waals surface area contributed by atoms with Crippen LogP contribution in [0.4, 0.5) is 0 Å². The number of hydrogen-bond acceptors (Lipinski definition) is 2. The molecule has 4 nitrogen and oxygen atoms in total. The molecule has 0 saturated carbocycles. The Morgan fingerprint density at radius 1 is 1.35 bits per heavy atom. The van der Waals surface area contributed by atoms with E-state index in [1.807, 2.05) is 44.2 Å². The number of carboxylic acids is 1. The molecule has 0 aliphatic carbocycles. The molecule has 1 heterocycles. The van der Waals surface area contributed by atoms with Crippen LogP contribution in [0.1, 0.15) is 38.2 Å². The minimum Gasteiger partial charge on any atom is -0.481 e. The summed E-state index contributed by atoms with van der Waals surface area (Å²) in [6.07, 6.45) is 1.28. The molecule has 1 aliphatic heterocycles. The van der Waals surface area contributed by atoms with Crippen molar-refractivity contribution >= 4 is 11.9 Å². The van der Waals surface area contributed by atoms with Crippen molar-refractivity contribution in [2.24, 2.45) is 5.92 Å². The minimum atomic E-state index is -0.805. The van der Waals surface area contributed by atoms with Crippen molar-refractivity contribution < 1.29 is 14.7 Å². The second-order valence-corrected chi connectivity index (χ2v) is 5.38. The van der Waals surface area contributed by atoms with Gasteiger partial charge in [0, 0.05) is 12.6 Å². The van der Waals surface area contributed by atoms with Gasteiger partial charge in [-0.25, -0.2) is 0 Å². The van der Waals surface area contributed by atoms with E-state index < -0.39 is 11.9 Å². The van der Waals surface area contributed by atoms with E-state index in [1.165, 1.54) is 0 Å². The zero-order valence-electron chi connectivity index (χ0n) is 12.0. The number of nitrogens with zero attached hydrogens (tertiary/aromatic N) is 1. The second-order valence-electron chi connectivity index (χ2n) is 5.38. The first-order valence-corrected chi connectivity index (χ1v) is 7.14.